The van der Waals surface area contributed by atoms with Crippen molar-refractivity contribution < 1.29 is 17.9 Å². The van der Waals surface area contributed by atoms with Crippen molar-refractivity contribution in [3.05, 3.63) is 35.4 Å². The van der Waals surface area contributed by atoms with Gasteiger partial charge in [-0.15, -0.1) is 0 Å². The molecule has 1 aromatic rings. The molecule has 140 valence electrons. The Labute approximate surface area is 147 Å². The van der Waals surface area contributed by atoms with E-state index < -0.39 is 11.7 Å². The van der Waals surface area contributed by atoms with E-state index in [1.54, 1.807) is 6.07 Å². The Balaban J connectivity index is 1.73. The topological polar surface area (TPSA) is 24.5 Å². The number of hydrogen-bond acceptors (Lipinski definition) is 3. The van der Waals surface area contributed by atoms with Crippen LogP contribution < -0.4 is 5.32 Å². The third-order valence-corrected chi connectivity index (χ3v) is 5.78. The van der Waals surface area contributed by atoms with Gasteiger partial charge in [0.05, 0.1) is 12.2 Å². The van der Waals surface area contributed by atoms with Crippen LogP contribution in [0, 0.1) is 0 Å². The molecule has 2 atom stereocenters. The van der Waals surface area contributed by atoms with E-state index in [2.05, 4.69) is 17.3 Å². The van der Waals surface area contributed by atoms with E-state index in [-0.39, 0.29) is 5.54 Å². The second-order valence-electron chi connectivity index (χ2n) is 7.33. The second kappa shape index (κ2) is 7.64. The van der Waals surface area contributed by atoms with Crippen LogP contribution in [0.3, 0.4) is 0 Å². The van der Waals surface area contributed by atoms with E-state index in [1.807, 2.05) is 0 Å². The number of alkyl halides is 3. The first-order valence-electron chi connectivity index (χ1n) is 9.08. The van der Waals surface area contributed by atoms with Crippen molar-refractivity contribution in [3.63, 3.8) is 0 Å². The lowest BCUT2D eigenvalue weighted by Crippen LogP contribution is -2.59. The Hall–Kier alpha value is -1.11. The van der Waals surface area contributed by atoms with Crippen LogP contribution in [-0.4, -0.2) is 49.8 Å². The predicted molar refractivity (Wildman–Crippen MR) is 91.6 cm³/mol. The molecule has 0 aliphatic carbocycles. The maximum Gasteiger partial charge on any atom is 0.416 e. The third kappa shape index (κ3) is 4.36. The van der Waals surface area contributed by atoms with Crippen LogP contribution in [0.2, 0.25) is 0 Å². The van der Waals surface area contributed by atoms with E-state index in [0.717, 1.165) is 63.6 Å². The Morgan fingerprint density at radius 2 is 2.20 bits per heavy atom. The fourth-order valence-corrected chi connectivity index (χ4v) is 4.14. The minimum absolute atomic E-state index is 0.00907. The summed E-state index contributed by atoms with van der Waals surface area (Å²) in [6.07, 6.45) is 0.435. The Morgan fingerprint density at radius 3 is 2.84 bits per heavy atom. The first kappa shape index (κ1) is 18.7. The van der Waals surface area contributed by atoms with Crippen LogP contribution in [0.1, 0.15) is 36.8 Å². The van der Waals surface area contributed by atoms with Crippen LogP contribution in [0.25, 0.3) is 0 Å². The van der Waals surface area contributed by atoms with Gasteiger partial charge < -0.3 is 10.1 Å². The lowest BCUT2D eigenvalue weighted by atomic mass is 9.82. The molecule has 0 aromatic heterocycles. The highest BCUT2D eigenvalue weighted by Gasteiger charge is 2.40. The largest absolute Gasteiger partial charge is 0.416 e. The van der Waals surface area contributed by atoms with Gasteiger partial charge in [-0.25, -0.2) is 0 Å². The zero-order valence-electron chi connectivity index (χ0n) is 14.7. The average molecular weight is 356 g/mol. The van der Waals surface area contributed by atoms with E-state index in [0.29, 0.717) is 12.5 Å². The third-order valence-electron chi connectivity index (χ3n) is 5.78. The highest BCUT2D eigenvalue weighted by atomic mass is 19.4. The van der Waals surface area contributed by atoms with Gasteiger partial charge in [-0.2, -0.15) is 13.2 Å². The second-order valence-corrected chi connectivity index (χ2v) is 7.33. The molecule has 6 heteroatoms. The number of benzene rings is 1. The summed E-state index contributed by atoms with van der Waals surface area (Å²) in [5.41, 5.74) is 0.194. The van der Waals surface area contributed by atoms with Gasteiger partial charge in [0.25, 0.3) is 0 Å². The highest BCUT2D eigenvalue weighted by molar-refractivity contribution is 5.26. The fourth-order valence-electron chi connectivity index (χ4n) is 4.14. The van der Waals surface area contributed by atoms with E-state index in [1.165, 1.54) is 12.1 Å². The summed E-state index contributed by atoms with van der Waals surface area (Å²) < 4.78 is 44.4. The number of rotatable bonds is 5. The zero-order chi connectivity index (χ0) is 17.9. The Kier molecular flexibility index (Phi) is 5.71. The number of ether oxygens (including phenoxy) is 1. The van der Waals surface area contributed by atoms with Crippen molar-refractivity contribution in [2.24, 2.45) is 0 Å². The monoisotopic (exact) mass is 356 g/mol. The van der Waals surface area contributed by atoms with Crippen molar-refractivity contribution in [1.29, 1.82) is 0 Å². The molecular weight excluding hydrogens is 329 g/mol. The SMILES string of the molecule is CN([C@H]1CCOC1)[C@]1(CCc2cccc(C(F)(F)F)c2)CCCNC1. The molecular formula is C19H27F3N2O. The first-order chi connectivity index (χ1) is 11.9. The van der Waals surface area contributed by atoms with Gasteiger partial charge in [0.1, 0.15) is 0 Å². The molecule has 2 aliphatic heterocycles. The van der Waals surface area contributed by atoms with Crippen LogP contribution >= 0.6 is 0 Å². The van der Waals surface area contributed by atoms with Gasteiger partial charge in [-0.05, 0) is 57.3 Å². The van der Waals surface area contributed by atoms with Crippen LogP contribution in [-0.2, 0) is 17.3 Å². The molecule has 2 fully saturated rings. The Bertz CT molecular complexity index is 564. The zero-order valence-corrected chi connectivity index (χ0v) is 14.7. The minimum Gasteiger partial charge on any atom is -0.380 e. The molecule has 0 saturated carbocycles. The number of nitrogens with one attached hydrogen (secondary N) is 1. The molecule has 2 saturated heterocycles. The highest BCUT2D eigenvalue weighted by Crippen LogP contribution is 2.33. The molecule has 25 heavy (non-hydrogen) atoms. The molecule has 0 bridgehead atoms. The van der Waals surface area contributed by atoms with Crippen molar-refractivity contribution in [2.45, 2.75) is 49.9 Å². The summed E-state index contributed by atoms with van der Waals surface area (Å²) in [4.78, 5) is 2.43. The summed E-state index contributed by atoms with van der Waals surface area (Å²) >= 11 is 0. The minimum atomic E-state index is -4.28. The maximum atomic E-state index is 12.9. The summed E-state index contributed by atoms with van der Waals surface area (Å²) in [5.74, 6) is 0. The predicted octanol–water partition coefficient (Wildman–Crippen LogP) is 3.48. The number of piperidine rings is 1. The first-order valence-corrected chi connectivity index (χ1v) is 9.08. The molecule has 0 unspecified atom stereocenters. The van der Waals surface area contributed by atoms with Crippen molar-refractivity contribution in [2.75, 3.05) is 33.4 Å². The summed E-state index contributed by atoms with van der Waals surface area (Å²) in [6, 6.07) is 6.16. The standard InChI is InChI=1S/C19H27F3N2O/c1-24(17-7-11-25-13-17)18(8-3-10-23-14-18)9-6-15-4-2-5-16(12-15)19(20,21)22/h2,4-5,12,17,23H,3,6-11,13-14H2,1H3/t17-,18-/m0/s1. The smallest absolute Gasteiger partial charge is 0.380 e. The van der Waals surface area contributed by atoms with Crippen LogP contribution in [0.4, 0.5) is 13.2 Å². The van der Waals surface area contributed by atoms with E-state index in [9.17, 15) is 13.2 Å². The molecule has 2 heterocycles. The number of hydrogen-bond donors (Lipinski definition) is 1. The van der Waals surface area contributed by atoms with Gasteiger partial charge in [-0.3, -0.25) is 4.90 Å². The van der Waals surface area contributed by atoms with Crippen molar-refractivity contribution in [1.82, 2.24) is 10.2 Å². The normalized spacial score (nSPS) is 27.8. The fraction of sp³-hybridized carbons (Fsp3) is 0.684. The van der Waals surface area contributed by atoms with Crippen molar-refractivity contribution in [3.8, 4) is 0 Å². The molecule has 1 N–H and O–H groups in total. The van der Waals surface area contributed by atoms with E-state index >= 15 is 0 Å². The van der Waals surface area contributed by atoms with E-state index in [4.69, 9.17) is 4.74 Å². The molecule has 3 rings (SSSR count). The molecule has 3 nitrogen and oxygen atoms in total. The lowest BCUT2D eigenvalue weighted by molar-refractivity contribution is -0.137. The van der Waals surface area contributed by atoms with Gasteiger partial charge in [-0.1, -0.05) is 18.2 Å². The van der Waals surface area contributed by atoms with Gasteiger partial charge in [0.15, 0.2) is 0 Å². The van der Waals surface area contributed by atoms with Gasteiger partial charge >= 0.3 is 6.18 Å². The molecule has 2 aliphatic rings. The number of nitrogens with zero attached hydrogens (tertiary/aromatic N) is 1. The van der Waals surface area contributed by atoms with Gasteiger partial charge in [0.2, 0.25) is 0 Å². The van der Waals surface area contributed by atoms with Crippen LogP contribution in [0.5, 0.6) is 0 Å². The van der Waals surface area contributed by atoms with Crippen molar-refractivity contribution >= 4 is 0 Å². The quantitative estimate of drug-likeness (QED) is 0.874. The molecule has 0 spiro atoms. The number of likely N-dealkylation sites (N-methyl/N-ethyl adjacent to an activating group) is 1. The molecule has 0 amide bonds. The lowest BCUT2D eigenvalue weighted by Gasteiger charge is -2.47. The maximum absolute atomic E-state index is 12.9. The van der Waals surface area contributed by atoms with Crippen LogP contribution in [0.15, 0.2) is 24.3 Å². The number of halogens is 3. The Morgan fingerprint density at radius 1 is 1.36 bits per heavy atom. The molecule has 1 aromatic carbocycles. The summed E-state index contributed by atoms with van der Waals surface area (Å²) in [7, 11) is 2.15. The van der Waals surface area contributed by atoms with Gasteiger partial charge in [0, 0.05) is 24.7 Å². The summed E-state index contributed by atoms with van der Waals surface area (Å²) in [6.45, 7) is 3.45. The molecule has 0 radical (unpaired) electrons. The summed E-state index contributed by atoms with van der Waals surface area (Å²) in [5, 5.41) is 3.49. The average Bonchev–Trinajstić information content (AvgIpc) is 3.14. The number of aryl methyl sites for hydroxylation is 1.